The van der Waals surface area contributed by atoms with E-state index in [1.165, 1.54) is 32.1 Å². The van der Waals surface area contributed by atoms with Gasteiger partial charge in [0, 0.05) is 13.1 Å². The van der Waals surface area contributed by atoms with Gasteiger partial charge in [0.25, 0.3) is 0 Å². The zero-order chi connectivity index (χ0) is 8.23. The molecular weight excluding hydrogens is 150 g/mol. The molecule has 0 radical (unpaired) electrons. The van der Waals surface area contributed by atoms with Gasteiger partial charge < -0.3 is 0 Å². The minimum absolute atomic E-state index is 0.513. The summed E-state index contributed by atoms with van der Waals surface area (Å²) in [6.45, 7) is 1.97. The van der Waals surface area contributed by atoms with Gasteiger partial charge in [0.2, 0.25) is 0 Å². The third-order valence-electron chi connectivity index (χ3n) is 2.64. The van der Waals surface area contributed by atoms with Gasteiger partial charge in [-0.05, 0) is 12.8 Å². The van der Waals surface area contributed by atoms with E-state index in [1.54, 1.807) is 0 Å². The lowest BCUT2D eigenvalue weighted by Crippen LogP contribution is -2.29. The van der Waals surface area contributed by atoms with Gasteiger partial charge in [0.1, 0.15) is 0 Å². The zero-order valence-electron chi connectivity index (χ0n) is 7.54. The van der Waals surface area contributed by atoms with Crippen LogP contribution in [0, 0.1) is 0 Å². The van der Waals surface area contributed by atoms with Gasteiger partial charge in [-0.2, -0.15) is 5.06 Å². The van der Waals surface area contributed by atoms with E-state index in [4.69, 9.17) is 4.84 Å². The van der Waals surface area contributed by atoms with Crippen molar-refractivity contribution in [3.63, 3.8) is 0 Å². The first-order valence-electron chi connectivity index (χ1n) is 5.02. The van der Waals surface area contributed by atoms with Crippen LogP contribution in [0.3, 0.4) is 0 Å². The summed E-state index contributed by atoms with van der Waals surface area (Å²) in [5.41, 5.74) is 0. The molecule has 0 unspecified atom stereocenters. The van der Waals surface area contributed by atoms with Crippen LogP contribution in [0.5, 0.6) is 0 Å². The van der Waals surface area contributed by atoms with Crippen LogP contribution in [0.25, 0.3) is 0 Å². The highest BCUT2D eigenvalue weighted by Gasteiger charge is 2.17. The van der Waals surface area contributed by atoms with E-state index in [1.807, 2.05) is 0 Å². The van der Waals surface area contributed by atoms with E-state index in [2.05, 4.69) is 17.2 Å². The summed E-state index contributed by atoms with van der Waals surface area (Å²) in [6.07, 6.45) is 11.5. The Balaban J connectivity index is 1.70. The Morgan fingerprint density at radius 3 is 2.33 bits per heavy atom. The van der Waals surface area contributed by atoms with E-state index in [0.717, 1.165) is 13.1 Å². The second kappa shape index (κ2) is 4.06. The summed E-state index contributed by atoms with van der Waals surface area (Å²) in [5.74, 6) is 0. The summed E-state index contributed by atoms with van der Waals surface area (Å²) >= 11 is 0. The number of hydrogen-bond acceptors (Lipinski definition) is 2. The molecule has 2 rings (SSSR count). The molecule has 0 aromatic rings. The molecule has 1 heterocycles. The first-order valence-corrected chi connectivity index (χ1v) is 5.02. The minimum atomic E-state index is 0.513. The fourth-order valence-electron chi connectivity index (χ4n) is 1.93. The highest BCUT2D eigenvalue weighted by molar-refractivity contribution is 4.92. The van der Waals surface area contributed by atoms with Crippen LogP contribution in [-0.4, -0.2) is 24.3 Å². The van der Waals surface area contributed by atoms with E-state index in [9.17, 15) is 0 Å². The Morgan fingerprint density at radius 2 is 1.67 bits per heavy atom. The second-order valence-corrected chi connectivity index (χ2v) is 3.68. The maximum Gasteiger partial charge on any atom is 0.0793 e. The van der Waals surface area contributed by atoms with Gasteiger partial charge in [-0.15, -0.1) is 0 Å². The highest BCUT2D eigenvalue weighted by Crippen LogP contribution is 2.21. The number of hydroxylamine groups is 2. The van der Waals surface area contributed by atoms with Gasteiger partial charge >= 0.3 is 0 Å². The van der Waals surface area contributed by atoms with E-state index in [-0.39, 0.29) is 0 Å². The van der Waals surface area contributed by atoms with Crippen LogP contribution in [0.2, 0.25) is 0 Å². The molecule has 1 aliphatic carbocycles. The second-order valence-electron chi connectivity index (χ2n) is 3.68. The quantitative estimate of drug-likeness (QED) is 0.584. The van der Waals surface area contributed by atoms with Crippen LogP contribution in [0.4, 0.5) is 0 Å². The predicted molar refractivity (Wildman–Crippen MR) is 48.7 cm³/mol. The Morgan fingerprint density at radius 1 is 1.00 bits per heavy atom. The van der Waals surface area contributed by atoms with E-state index < -0.39 is 0 Å². The Labute approximate surface area is 74.1 Å². The summed E-state index contributed by atoms with van der Waals surface area (Å²) < 4.78 is 0. The molecule has 2 nitrogen and oxygen atoms in total. The van der Waals surface area contributed by atoms with Crippen molar-refractivity contribution >= 4 is 0 Å². The monoisotopic (exact) mass is 167 g/mol. The molecule has 1 aliphatic heterocycles. The van der Waals surface area contributed by atoms with Gasteiger partial charge in [-0.1, -0.05) is 31.4 Å². The Hall–Kier alpha value is -0.340. The van der Waals surface area contributed by atoms with Crippen molar-refractivity contribution in [2.75, 3.05) is 13.1 Å². The first kappa shape index (κ1) is 8.27. The number of rotatable bonds is 2. The molecule has 0 spiro atoms. The van der Waals surface area contributed by atoms with E-state index >= 15 is 0 Å². The molecule has 0 N–H and O–H groups in total. The maximum atomic E-state index is 5.82. The van der Waals surface area contributed by atoms with Crippen molar-refractivity contribution in [3.8, 4) is 0 Å². The molecule has 68 valence electrons. The smallest absolute Gasteiger partial charge is 0.0793 e. The molecule has 12 heavy (non-hydrogen) atoms. The molecule has 0 aromatic carbocycles. The molecule has 0 atom stereocenters. The Bertz CT molecular complexity index is 153. The fourth-order valence-corrected chi connectivity index (χ4v) is 1.93. The average Bonchev–Trinajstić information content (AvgIpc) is 2.59. The van der Waals surface area contributed by atoms with Crippen molar-refractivity contribution in [2.24, 2.45) is 0 Å². The zero-order valence-corrected chi connectivity index (χ0v) is 7.54. The van der Waals surface area contributed by atoms with Gasteiger partial charge in [0.15, 0.2) is 0 Å². The normalized spacial score (nSPS) is 26.7. The molecule has 1 saturated carbocycles. The molecule has 0 aromatic heterocycles. The summed E-state index contributed by atoms with van der Waals surface area (Å²) in [4.78, 5) is 5.82. The lowest BCUT2D eigenvalue weighted by Gasteiger charge is -2.26. The third-order valence-corrected chi connectivity index (χ3v) is 2.64. The van der Waals surface area contributed by atoms with Gasteiger partial charge in [-0.25, -0.2) is 0 Å². The maximum absolute atomic E-state index is 5.82. The molecule has 2 heteroatoms. The minimum Gasteiger partial charge on any atom is -0.295 e. The van der Waals surface area contributed by atoms with Crippen LogP contribution in [0.15, 0.2) is 12.2 Å². The van der Waals surface area contributed by atoms with Crippen LogP contribution >= 0.6 is 0 Å². The molecule has 0 bridgehead atoms. The average molecular weight is 167 g/mol. The summed E-state index contributed by atoms with van der Waals surface area (Å²) in [5, 5.41) is 2.07. The first-order chi connectivity index (χ1) is 5.95. The largest absolute Gasteiger partial charge is 0.295 e. The summed E-state index contributed by atoms with van der Waals surface area (Å²) in [6, 6.07) is 0. The van der Waals surface area contributed by atoms with Crippen molar-refractivity contribution < 1.29 is 4.84 Å². The lowest BCUT2D eigenvalue weighted by atomic mass is 9.98. The van der Waals surface area contributed by atoms with Gasteiger partial charge in [-0.3, -0.25) is 4.84 Å². The standard InChI is InChI=1S/C10H17NO/c1-2-6-10(7-3-1)12-11-8-4-5-9-11/h4-5,10H,1-3,6-9H2. The molecule has 2 aliphatic rings. The molecule has 0 amide bonds. The van der Waals surface area contributed by atoms with Crippen molar-refractivity contribution in [1.82, 2.24) is 5.06 Å². The fraction of sp³-hybridized carbons (Fsp3) is 0.800. The van der Waals surface area contributed by atoms with Gasteiger partial charge in [0.05, 0.1) is 6.10 Å². The summed E-state index contributed by atoms with van der Waals surface area (Å²) in [7, 11) is 0. The number of nitrogens with zero attached hydrogens (tertiary/aromatic N) is 1. The Kier molecular flexibility index (Phi) is 2.79. The van der Waals surface area contributed by atoms with Crippen LogP contribution < -0.4 is 0 Å². The van der Waals surface area contributed by atoms with Crippen molar-refractivity contribution in [3.05, 3.63) is 12.2 Å². The number of hydrogen-bond donors (Lipinski definition) is 0. The SMILES string of the molecule is C1=CCN(OC2CCCCC2)C1. The lowest BCUT2D eigenvalue weighted by molar-refractivity contribution is -0.188. The van der Waals surface area contributed by atoms with Crippen molar-refractivity contribution in [1.29, 1.82) is 0 Å². The third kappa shape index (κ3) is 2.08. The predicted octanol–water partition coefficient (Wildman–Crippen LogP) is 2.12. The topological polar surface area (TPSA) is 12.5 Å². The molecule has 1 fully saturated rings. The van der Waals surface area contributed by atoms with E-state index in [0.29, 0.717) is 6.10 Å². The molecule has 0 saturated heterocycles. The highest BCUT2D eigenvalue weighted by atomic mass is 16.7. The molecular formula is C10H17NO. The van der Waals surface area contributed by atoms with Crippen LogP contribution in [-0.2, 0) is 4.84 Å². The van der Waals surface area contributed by atoms with Crippen molar-refractivity contribution in [2.45, 2.75) is 38.2 Å². The van der Waals surface area contributed by atoms with Crippen LogP contribution in [0.1, 0.15) is 32.1 Å².